The standard InChI is InChI=1S/C21H23N3O2/c1-15(21(26)17-14-22-18-7-3-2-6-16(17)18)23-10-12-24(13-11-23)19-8-4-5-9-20(19)25/h2-9,14-15,22,25H,10-13H2,1H3/p+1/t15-/m1/s1. The van der Waals surface area contributed by atoms with Gasteiger partial charge in [0.1, 0.15) is 11.8 Å². The molecular formula is C21H24N3O2+. The fraction of sp³-hybridized carbons (Fsp3) is 0.286. The lowest BCUT2D eigenvalue weighted by Gasteiger charge is -2.36. The van der Waals surface area contributed by atoms with E-state index in [9.17, 15) is 9.90 Å². The molecule has 1 aliphatic rings. The maximum Gasteiger partial charge on any atom is 0.221 e. The summed E-state index contributed by atoms with van der Waals surface area (Å²) in [6.07, 6.45) is 1.83. The van der Waals surface area contributed by atoms with Crippen LogP contribution in [0, 0.1) is 0 Å². The molecule has 0 amide bonds. The van der Waals surface area contributed by atoms with E-state index >= 15 is 0 Å². The van der Waals surface area contributed by atoms with E-state index in [2.05, 4.69) is 9.88 Å². The van der Waals surface area contributed by atoms with Crippen LogP contribution in [0.2, 0.25) is 0 Å². The Morgan fingerprint density at radius 3 is 2.58 bits per heavy atom. The van der Waals surface area contributed by atoms with Crippen molar-refractivity contribution in [2.75, 3.05) is 31.1 Å². The summed E-state index contributed by atoms with van der Waals surface area (Å²) in [5.74, 6) is 0.507. The molecule has 5 heteroatoms. The van der Waals surface area contributed by atoms with Crippen LogP contribution in [0.5, 0.6) is 5.75 Å². The van der Waals surface area contributed by atoms with Gasteiger partial charge < -0.3 is 19.9 Å². The topological polar surface area (TPSA) is 60.8 Å². The summed E-state index contributed by atoms with van der Waals surface area (Å²) in [6, 6.07) is 15.3. The number of benzene rings is 2. The number of rotatable bonds is 4. The number of phenols is 1. The van der Waals surface area contributed by atoms with E-state index < -0.39 is 0 Å². The number of Topliss-reactive ketones (excluding diaryl/α,β-unsaturated/α-hetero) is 1. The normalized spacial score (nSPS) is 16.7. The highest BCUT2D eigenvalue weighted by molar-refractivity contribution is 6.09. The molecule has 0 unspecified atom stereocenters. The first-order valence-corrected chi connectivity index (χ1v) is 9.13. The van der Waals surface area contributed by atoms with Gasteiger partial charge in [0.2, 0.25) is 5.78 Å². The number of hydrogen-bond acceptors (Lipinski definition) is 3. The molecule has 3 aromatic rings. The zero-order valence-electron chi connectivity index (χ0n) is 14.9. The highest BCUT2D eigenvalue weighted by Crippen LogP contribution is 2.26. The van der Waals surface area contributed by atoms with E-state index in [4.69, 9.17) is 0 Å². The fourth-order valence-electron chi connectivity index (χ4n) is 3.89. The van der Waals surface area contributed by atoms with E-state index in [1.807, 2.05) is 55.6 Å². The van der Waals surface area contributed by atoms with Crippen LogP contribution in [0.15, 0.2) is 54.7 Å². The smallest absolute Gasteiger partial charge is 0.221 e. The average molecular weight is 350 g/mol. The summed E-state index contributed by atoms with van der Waals surface area (Å²) >= 11 is 0. The summed E-state index contributed by atoms with van der Waals surface area (Å²) < 4.78 is 0. The number of fused-ring (bicyclic) bond motifs is 1. The van der Waals surface area contributed by atoms with Crippen molar-refractivity contribution in [2.24, 2.45) is 0 Å². The average Bonchev–Trinajstić information content (AvgIpc) is 3.11. The van der Waals surface area contributed by atoms with Crippen LogP contribution < -0.4 is 9.80 Å². The molecule has 2 aromatic carbocycles. The minimum atomic E-state index is -0.0827. The second kappa shape index (κ2) is 6.84. The van der Waals surface area contributed by atoms with Crippen LogP contribution in [0.3, 0.4) is 0 Å². The predicted molar refractivity (Wildman–Crippen MR) is 103 cm³/mol. The Hall–Kier alpha value is -2.79. The summed E-state index contributed by atoms with van der Waals surface area (Å²) in [6.45, 7) is 5.44. The molecule has 26 heavy (non-hydrogen) atoms. The number of para-hydroxylation sites is 3. The van der Waals surface area contributed by atoms with E-state index in [1.165, 1.54) is 4.90 Å². The third-order valence-electron chi connectivity index (χ3n) is 5.49. The lowest BCUT2D eigenvalue weighted by Crippen LogP contribution is -3.18. The van der Waals surface area contributed by atoms with E-state index in [0.717, 1.165) is 48.3 Å². The van der Waals surface area contributed by atoms with Crippen molar-refractivity contribution in [3.63, 3.8) is 0 Å². The van der Waals surface area contributed by atoms with Crippen LogP contribution in [0.25, 0.3) is 10.9 Å². The zero-order valence-corrected chi connectivity index (χ0v) is 14.9. The molecule has 0 saturated carbocycles. The Labute approximate surface area is 152 Å². The Balaban J connectivity index is 1.46. The molecule has 1 fully saturated rings. The van der Waals surface area contributed by atoms with Gasteiger partial charge in [-0.3, -0.25) is 4.79 Å². The van der Waals surface area contributed by atoms with Crippen LogP contribution in [0.1, 0.15) is 17.3 Å². The van der Waals surface area contributed by atoms with Crippen molar-refractivity contribution < 1.29 is 14.8 Å². The first-order valence-electron chi connectivity index (χ1n) is 9.13. The summed E-state index contributed by atoms with van der Waals surface area (Å²) in [4.78, 5) is 19.7. The number of ketones is 1. The van der Waals surface area contributed by atoms with Crippen LogP contribution in [0.4, 0.5) is 5.69 Å². The molecule has 4 rings (SSSR count). The third-order valence-corrected chi connectivity index (χ3v) is 5.49. The quantitative estimate of drug-likeness (QED) is 0.630. The predicted octanol–water partition coefficient (Wildman–Crippen LogP) is 1.85. The van der Waals surface area contributed by atoms with Gasteiger partial charge in [-0.2, -0.15) is 0 Å². The van der Waals surface area contributed by atoms with E-state index in [0.29, 0.717) is 5.75 Å². The number of carbonyl (C=O) groups excluding carboxylic acids is 1. The van der Waals surface area contributed by atoms with Crippen molar-refractivity contribution in [1.29, 1.82) is 0 Å². The fourth-order valence-corrected chi connectivity index (χ4v) is 3.89. The number of nitrogens with zero attached hydrogens (tertiary/aromatic N) is 1. The maximum atomic E-state index is 13.0. The number of anilines is 1. The van der Waals surface area contributed by atoms with Gasteiger partial charge in [-0.05, 0) is 25.1 Å². The third kappa shape index (κ3) is 2.95. The van der Waals surface area contributed by atoms with Crippen molar-refractivity contribution in [2.45, 2.75) is 13.0 Å². The number of phenolic OH excluding ortho intramolecular Hbond substituents is 1. The number of aromatic hydroxyl groups is 1. The second-order valence-electron chi connectivity index (χ2n) is 6.97. The van der Waals surface area contributed by atoms with E-state index in [1.54, 1.807) is 6.07 Å². The molecule has 1 atom stereocenters. The van der Waals surface area contributed by atoms with Gasteiger partial charge in [0, 0.05) is 22.7 Å². The molecule has 0 aliphatic carbocycles. The molecule has 0 spiro atoms. The number of hydrogen-bond donors (Lipinski definition) is 3. The number of aromatic amines is 1. The number of carbonyl (C=O) groups is 1. The van der Waals surface area contributed by atoms with Crippen LogP contribution in [-0.4, -0.2) is 48.1 Å². The van der Waals surface area contributed by atoms with Crippen molar-refractivity contribution in [1.82, 2.24) is 4.98 Å². The number of quaternary nitrogens is 1. The molecule has 5 nitrogen and oxygen atoms in total. The maximum absolute atomic E-state index is 13.0. The number of aromatic nitrogens is 1. The summed E-state index contributed by atoms with van der Waals surface area (Å²) in [5.41, 5.74) is 2.66. The molecule has 1 aromatic heterocycles. The number of nitrogens with one attached hydrogen (secondary N) is 2. The Bertz CT molecular complexity index is 926. The Kier molecular flexibility index (Phi) is 4.39. The Morgan fingerprint density at radius 1 is 1.12 bits per heavy atom. The van der Waals surface area contributed by atoms with E-state index in [-0.39, 0.29) is 11.8 Å². The molecule has 0 radical (unpaired) electrons. The molecule has 1 saturated heterocycles. The number of piperazine rings is 1. The van der Waals surface area contributed by atoms with Gasteiger partial charge in [-0.15, -0.1) is 0 Å². The molecule has 1 aliphatic heterocycles. The molecular weight excluding hydrogens is 326 g/mol. The van der Waals surface area contributed by atoms with Gasteiger partial charge >= 0.3 is 0 Å². The van der Waals surface area contributed by atoms with Gasteiger partial charge in [0.15, 0.2) is 0 Å². The lowest BCUT2D eigenvalue weighted by atomic mass is 10.0. The van der Waals surface area contributed by atoms with Gasteiger partial charge in [0.05, 0.1) is 31.9 Å². The van der Waals surface area contributed by atoms with Crippen LogP contribution >= 0.6 is 0 Å². The molecule has 0 bridgehead atoms. The highest BCUT2D eigenvalue weighted by atomic mass is 16.3. The van der Waals surface area contributed by atoms with Crippen molar-refractivity contribution >= 4 is 22.4 Å². The van der Waals surface area contributed by atoms with Gasteiger partial charge in [-0.1, -0.05) is 30.3 Å². The minimum absolute atomic E-state index is 0.0827. The summed E-state index contributed by atoms with van der Waals surface area (Å²) in [7, 11) is 0. The molecule has 3 N–H and O–H groups in total. The monoisotopic (exact) mass is 350 g/mol. The largest absolute Gasteiger partial charge is 0.506 e. The lowest BCUT2D eigenvalue weighted by molar-refractivity contribution is -0.914. The highest BCUT2D eigenvalue weighted by Gasteiger charge is 2.31. The van der Waals surface area contributed by atoms with Gasteiger partial charge in [-0.25, -0.2) is 0 Å². The summed E-state index contributed by atoms with van der Waals surface area (Å²) in [5, 5.41) is 11.0. The first-order chi connectivity index (χ1) is 12.6. The second-order valence-corrected chi connectivity index (χ2v) is 6.97. The minimum Gasteiger partial charge on any atom is -0.506 e. The van der Waals surface area contributed by atoms with Crippen LogP contribution in [-0.2, 0) is 0 Å². The SMILES string of the molecule is C[C@H](C(=O)c1c[nH]c2ccccc12)[NH+]1CCN(c2ccccc2O)CC1. The number of H-pyrrole nitrogens is 1. The molecule has 134 valence electrons. The van der Waals surface area contributed by atoms with Crippen molar-refractivity contribution in [3.8, 4) is 5.75 Å². The Morgan fingerprint density at radius 2 is 1.81 bits per heavy atom. The molecule has 2 heterocycles. The van der Waals surface area contributed by atoms with Gasteiger partial charge in [0.25, 0.3) is 0 Å². The zero-order chi connectivity index (χ0) is 18.1. The first kappa shape index (κ1) is 16.7. The van der Waals surface area contributed by atoms with Crippen molar-refractivity contribution in [3.05, 3.63) is 60.3 Å².